The lowest BCUT2D eigenvalue weighted by Crippen LogP contribution is -2.20. The highest BCUT2D eigenvalue weighted by atomic mass is 14.4. The van der Waals surface area contributed by atoms with Gasteiger partial charge < -0.3 is 5.73 Å². The van der Waals surface area contributed by atoms with Gasteiger partial charge in [-0.05, 0) is 31.2 Å². The molecule has 0 saturated heterocycles. The standard InChI is InChI=1S/C9H18.C2H6.CH5N/c1-8-5-4-6-9(2,3)7-8;2*1-2/h8H,4-7H2,1-3H3;1-2H3;2H2,1H3. The molecule has 2 N–H and O–H groups in total. The predicted molar refractivity (Wildman–Crippen MR) is 62.9 cm³/mol. The average molecular weight is 187 g/mol. The zero-order valence-corrected chi connectivity index (χ0v) is 10.5. The van der Waals surface area contributed by atoms with Crippen molar-refractivity contribution in [3.8, 4) is 0 Å². The van der Waals surface area contributed by atoms with Crippen LogP contribution in [0.4, 0.5) is 0 Å². The highest BCUT2D eigenvalue weighted by Gasteiger charge is 2.24. The maximum Gasteiger partial charge on any atom is -0.0195 e. The summed E-state index contributed by atoms with van der Waals surface area (Å²) in [6.07, 6.45) is 5.79. The van der Waals surface area contributed by atoms with Crippen molar-refractivity contribution in [1.82, 2.24) is 0 Å². The third kappa shape index (κ3) is 8.29. The summed E-state index contributed by atoms with van der Waals surface area (Å²) in [5.41, 5.74) is 5.15. The highest BCUT2D eigenvalue weighted by Crippen LogP contribution is 2.37. The fourth-order valence-electron chi connectivity index (χ4n) is 2.08. The van der Waals surface area contributed by atoms with Gasteiger partial charge in [-0.15, -0.1) is 0 Å². The third-order valence-corrected chi connectivity index (χ3v) is 2.45. The summed E-state index contributed by atoms with van der Waals surface area (Å²) in [6, 6.07) is 0. The molecule has 1 unspecified atom stereocenters. The summed E-state index contributed by atoms with van der Waals surface area (Å²) < 4.78 is 0. The van der Waals surface area contributed by atoms with Crippen molar-refractivity contribution >= 4 is 0 Å². The Morgan fingerprint density at radius 1 is 1.15 bits per heavy atom. The number of rotatable bonds is 0. The Labute approximate surface area is 85.1 Å². The Morgan fingerprint density at radius 2 is 1.62 bits per heavy atom. The van der Waals surface area contributed by atoms with E-state index in [9.17, 15) is 0 Å². The van der Waals surface area contributed by atoms with Crippen molar-refractivity contribution in [3.63, 3.8) is 0 Å². The number of hydrogen-bond donors (Lipinski definition) is 1. The van der Waals surface area contributed by atoms with Gasteiger partial charge >= 0.3 is 0 Å². The second kappa shape index (κ2) is 8.55. The SMILES string of the molecule is CC.CC1CCCC(C)(C)C1.CN. The molecule has 0 aliphatic heterocycles. The zero-order chi connectivity index (χ0) is 10.9. The molecule has 1 nitrogen and oxygen atoms in total. The predicted octanol–water partition coefficient (Wildman–Crippen LogP) is 3.82. The number of hydrogen-bond acceptors (Lipinski definition) is 1. The minimum Gasteiger partial charge on any atom is -0.333 e. The van der Waals surface area contributed by atoms with E-state index < -0.39 is 0 Å². The normalized spacial score (nSPS) is 24.7. The van der Waals surface area contributed by atoms with Crippen LogP contribution in [0.2, 0.25) is 0 Å². The first kappa shape index (κ1) is 15.4. The highest BCUT2D eigenvalue weighted by molar-refractivity contribution is 4.76. The van der Waals surface area contributed by atoms with E-state index in [1.54, 1.807) is 0 Å². The average Bonchev–Trinajstić information content (AvgIpc) is 2.09. The third-order valence-electron chi connectivity index (χ3n) is 2.45. The maximum absolute atomic E-state index is 4.50. The maximum atomic E-state index is 4.50. The second-order valence-electron chi connectivity index (χ2n) is 4.37. The van der Waals surface area contributed by atoms with Crippen LogP contribution in [0.5, 0.6) is 0 Å². The van der Waals surface area contributed by atoms with Gasteiger partial charge in [-0.1, -0.05) is 47.5 Å². The first-order chi connectivity index (χ1) is 6.10. The summed E-state index contributed by atoms with van der Waals surface area (Å²) >= 11 is 0. The van der Waals surface area contributed by atoms with Crippen LogP contribution in [-0.2, 0) is 0 Å². The van der Waals surface area contributed by atoms with Crippen molar-refractivity contribution in [2.24, 2.45) is 17.1 Å². The molecule has 0 bridgehead atoms. The van der Waals surface area contributed by atoms with Crippen LogP contribution in [0.3, 0.4) is 0 Å². The molecule has 1 atom stereocenters. The molecule has 0 spiro atoms. The molecule has 1 saturated carbocycles. The van der Waals surface area contributed by atoms with Crippen LogP contribution in [0, 0.1) is 11.3 Å². The molecule has 1 aliphatic rings. The van der Waals surface area contributed by atoms with Crippen molar-refractivity contribution in [2.45, 2.75) is 60.3 Å². The van der Waals surface area contributed by atoms with Gasteiger partial charge in [0, 0.05) is 0 Å². The van der Waals surface area contributed by atoms with E-state index in [1.807, 2.05) is 13.8 Å². The topological polar surface area (TPSA) is 26.0 Å². The monoisotopic (exact) mass is 187 g/mol. The van der Waals surface area contributed by atoms with Gasteiger partial charge in [-0.3, -0.25) is 0 Å². The summed E-state index contributed by atoms with van der Waals surface area (Å²) in [7, 11) is 1.50. The summed E-state index contributed by atoms with van der Waals surface area (Å²) in [4.78, 5) is 0. The lowest BCUT2D eigenvalue weighted by molar-refractivity contribution is 0.191. The van der Waals surface area contributed by atoms with Gasteiger partial charge in [0.05, 0.1) is 0 Å². The molecular formula is C12H29N. The van der Waals surface area contributed by atoms with Crippen molar-refractivity contribution in [3.05, 3.63) is 0 Å². The van der Waals surface area contributed by atoms with Crippen molar-refractivity contribution in [2.75, 3.05) is 7.05 Å². The van der Waals surface area contributed by atoms with Gasteiger partial charge in [0.1, 0.15) is 0 Å². The largest absolute Gasteiger partial charge is 0.333 e. The van der Waals surface area contributed by atoms with E-state index in [1.165, 1.54) is 32.7 Å². The Bertz CT molecular complexity index is 97.3. The molecular weight excluding hydrogens is 158 g/mol. The molecule has 82 valence electrons. The molecule has 1 heteroatoms. The van der Waals surface area contributed by atoms with Gasteiger partial charge in [0.15, 0.2) is 0 Å². The molecule has 0 heterocycles. The fraction of sp³-hybridized carbons (Fsp3) is 1.00. The lowest BCUT2D eigenvalue weighted by atomic mass is 9.73. The minimum absolute atomic E-state index is 0.650. The lowest BCUT2D eigenvalue weighted by Gasteiger charge is -2.33. The van der Waals surface area contributed by atoms with Crippen LogP contribution in [-0.4, -0.2) is 7.05 Å². The Morgan fingerprint density at radius 3 is 1.85 bits per heavy atom. The van der Waals surface area contributed by atoms with Crippen molar-refractivity contribution < 1.29 is 0 Å². The Kier molecular flexibility index (Phi) is 10.2. The molecule has 0 aromatic carbocycles. The van der Waals surface area contributed by atoms with E-state index in [4.69, 9.17) is 0 Å². The van der Waals surface area contributed by atoms with E-state index >= 15 is 0 Å². The number of nitrogens with two attached hydrogens (primary N) is 1. The first-order valence-corrected chi connectivity index (χ1v) is 5.68. The van der Waals surface area contributed by atoms with Crippen LogP contribution in [0.1, 0.15) is 60.3 Å². The van der Waals surface area contributed by atoms with Crippen LogP contribution in [0.15, 0.2) is 0 Å². The van der Waals surface area contributed by atoms with E-state index in [-0.39, 0.29) is 0 Å². The first-order valence-electron chi connectivity index (χ1n) is 5.68. The molecule has 0 radical (unpaired) electrons. The summed E-state index contributed by atoms with van der Waals surface area (Å²) in [5.74, 6) is 0.980. The van der Waals surface area contributed by atoms with Crippen LogP contribution in [0.25, 0.3) is 0 Å². The van der Waals surface area contributed by atoms with Crippen molar-refractivity contribution in [1.29, 1.82) is 0 Å². The molecule has 13 heavy (non-hydrogen) atoms. The smallest absolute Gasteiger partial charge is 0.0195 e. The molecule has 1 rings (SSSR count). The van der Waals surface area contributed by atoms with Crippen LogP contribution >= 0.6 is 0 Å². The van der Waals surface area contributed by atoms with E-state index in [0.717, 1.165) is 5.92 Å². The molecule has 1 aliphatic carbocycles. The van der Waals surface area contributed by atoms with Gasteiger partial charge in [-0.2, -0.15) is 0 Å². The molecule has 1 fully saturated rings. The van der Waals surface area contributed by atoms with Crippen LogP contribution < -0.4 is 5.73 Å². The summed E-state index contributed by atoms with van der Waals surface area (Å²) in [5, 5.41) is 0. The second-order valence-corrected chi connectivity index (χ2v) is 4.37. The van der Waals surface area contributed by atoms with Gasteiger partial charge in [0.2, 0.25) is 0 Å². The molecule has 0 aromatic heterocycles. The van der Waals surface area contributed by atoms with Gasteiger partial charge in [-0.25, -0.2) is 0 Å². The fourth-order valence-corrected chi connectivity index (χ4v) is 2.08. The zero-order valence-electron chi connectivity index (χ0n) is 10.5. The Balaban J connectivity index is 0. The van der Waals surface area contributed by atoms with E-state index in [0.29, 0.717) is 5.41 Å². The summed E-state index contributed by atoms with van der Waals surface area (Å²) in [6.45, 7) is 11.2. The Hall–Kier alpha value is -0.0400. The molecule has 0 aromatic rings. The van der Waals surface area contributed by atoms with Gasteiger partial charge in [0.25, 0.3) is 0 Å². The molecule has 0 amide bonds. The quantitative estimate of drug-likeness (QED) is 0.613. The van der Waals surface area contributed by atoms with E-state index in [2.05, 4.69) is 26.5 Å². The minimum atomic E-state index is 0.650.